The minimum absolute atomic E-state index is 0.0865. The summed E-state index contributed by atoms with van der Waals surface area (Å²) in [5, 5.41) is 0.761. The van der Waals surface area contributed by atoms with Crippen LogP contribution in [-0.2, 0) is 0 Å². The van der Waals surface area contributed by atoms with Crippen LogP contribution in [0.15, 0.2) is 53.7 Å². The first-order chi connectivity index (χ1) is 7.84. The largest absolute Gasteiger partial charge is 0.341 e. The van der Waals surface area contributed by atoms with E-state index < -0.39 is 0 Å². The van der Waals surface area contributed by atoms with Crippen molar-refractivity contribution in [3.05, 3.63) is 59.3 Å². The summed E-state index contributed by atoms with van der Waals surface area (Å²) in [5.74, 6) is 0. The number of halogens is 1. The molecule has 2 aliphatic heterocycles. The molecule has 0 aliphatic carbocycles. The van der Waals surface area contributed by atoms with Gasteiger partial charge in [0.1, 0.15) is 6.17 Å². The van der Waals surface area contributed by atoms with E-state index in [9.17, 15) is 0 Å². The molecule has 2 nitrogen and oxygen atoms in total. The Kier molecular flexibility index (Phi) is 2.29. The van der Waals surface area contributed by atoms with E-state index in [4.69, 9.17) is 11.6 Å². The molecule has 0 saturated carbocycles. The van der Waals surface area contributed by atoms with Gasteiger partial charge in [-0.2, -0.15) is 0 Å². The lowest BCUT2D eigenvalue weighted by Crippen LogP contribution is -2.28. The van der Waals surface area contributed by atoms with Gasteiger partial charge >= 0.3 is 0 Å². The van der Waals surface area contributed by atoms with E-state index in [1.165, 1.54) is 5.56 Å². The van der Waals surface area contributed by atoms with Gasteiger partial charge in [0, 0.05) is 17.4 Å². The highest BCUT2D eigenvalue weighted by molar-refractivity contribution is 6.30. The fourth-order valence-electron chi connectivity index (χ4n) is 2.04. The Balaban J connectivity index is 1.91. The number of aliphatic imine (C=N–C) groups is 1. The van der Waals surface area contributed by atoms with Crippen molar-refractivity contribution in [2.45, 2.75) is 12.2 Å². The highest BCUT2D eigenvalue weighted by Gasteiger charge is 2.27. The number of fused-ring (bicyclic) bond motifs is 1. The normalized spacial score (nSPS) is 26.2. The predicted molar refractivity (Wildman–Crippen MR) is 66.6 cm³/mol. The number of allylic oxidation sites excluding steroid dienone is 2. The second kappa shape index (κ2) is 3.80. The molecule has 80 valence electrons. The molecule has 2 heterocycles. The van der Waals surface area contributed by atoms with Crippen molar-refractivity contribution in [1.82, 2.24) is 4.90 Å². The van der Waals surface area contributed by atoms with Gasteiger partial charge in [0.2, 0.25) is 0 Å². The zero-order chi connectivity index (χ0) is 11.0. The van der Waals surface area contributed by atoms with Gasteiger partial charge in [-0.25, -0.2) is 0 Å². The zero-order valence-electron chi connectivity index (χ0n) is 8.62. The first-order valence-electron chi connectivity index (χ1n) is 5.26. The van der Waals surface area contributed by atoms with E-state index in [0.29, 0.717) is 6.04 Å². The Labute approximate surface area is 99.6 Å². The van der Waals surface area contributed by atoms with Crippen molar-refractivity contribution in [2.75, 3.05) is 0 Å². The second-order valence-corrected chi connectivity index (χ2v) is 4.32. The molecule has 0 radical (unpaired) electrons. The quantitative estimate of drug-likeness (QED) is 0.724. The van der Waals surface area contributed by atoms with Gasteiger partial charge in [-0.3, -0.25) is 4.99 Å². The second-order valence-electron chi connectivity index (χ2n) is 3.89. The Morgan fingerprint density at radius 1 is 1.12 bits per heavy atom. The van der Waals surface area contributed by atoms with Crippen molar-refractivity contribution in [3.8, 4) is 0 Å². The van der Waals surface area contributed by atoms with Gasteiger partial charge in [0.25, 0.3) is 0 Å². The van der Waals surface area contributed by atoms with Crippen molar-refractivity contribution in [3.63, 3.8) is 0 Å². The minimum Gasteiger partial charge on any atom is -0.341 e. The summed E-state index contributed by atoms with van der Waals surface area (Å²) in [5.41, 5.74) is 1.17. The maximum Gasteiger partial charge on any atom is 0.147 e. The van der Waals surface area contributed by atoms with Crippen LogP contribution >= 0.6 is 11.6 Å². The van der Waals surface area contributed by atoms with Crippen LogP contribution < -0.4 is 0 Å². The van der Waals surface area contributed by atoms with E-state index in [1.54, 1.807) is 0 Å². The van der Waals surface area contributed by atoms with Gasteiger partial charge in [-0.15, -0.1) is 0 Å². The molecule has 0 aromatic heterocycles. The van der Waals surface area contributed by atoms with E-state index >= 15 is 0 Å². The molecule has 1 aromatic carbocycles. The third-order valence-electron chi connectivity index (χ3n) is 2.85. The molecular formula is C13H11ClN2. The van der Waals surface area contributed by atoms with E-state index in [2.05, 4.69) is 28.2 Å². The molecule has 3 heteroatoms. The van der Waals surface area contributed by atoms with E-state index in [-0.39, 0.29) is 6.17 Å². The fourth-order valence-corrected chi connectivity index (χ4v) is 2.16. The van der Waals surface area contributed by atoms with E-state index in [1.807, 2.05) is 36.6 Å². The maximum atomic E-state index is 5.88. The average molecular weight is 231 g/mol. The first-order valence-corrected chi connectivity index (χ1v) is 5.63. The molecule has 0 amide bonds. The summed E-state index contributed by atoms with van der Waals surface area (Å²) in [7, 11) is 0. The zero-order valence-corrected chi connectivity index (χ0v) is 9.38. The number of rotatable bonds is 1. The van der Waals surface area contributed by atoms with E-state index in [0.717, 1.165) is 5.02 Å². The lowest BCUT2D eigenvalue weighted by Gasteiger charge is -2.27. The molecule has 16 heavy (non-hydrogen) atoms. The van der Waals surface area contributed by atoms with Crippen LogP contribution in [0.4, 0.5) is 0 Å². The summed E-state index contributed by atoms with van der Waals surface area (Å²) in [6, 6.07) is 8.16. The van der Waals surface area contributed by atoms with Crippen LogP contribution in [0, 0.1) is 0 Å². The van der Waals surface area contributed by atoms with Crippen molar-refractivity contribution in [2.24, 2.45) is 4.99 Å². The van der Waals surface area contributed by atoms with Crippen molar-refractivity contribution >= 4 is 17.8 Å². The maximum absolute atomic E-state index is 5.88. The molecule has 2 unspecified atom stereocenters. The van der Waals surface area contributed by atoms with Crippen LogP contribution in [-0.4, -0.2) is 17.2 Å². The molecule has 0 saturated heterocycles. The average Bonchev–Trinajstić information content (AvgIpc) is 2.74. The van der Waals surface area contributed by atoms with Gasteiger partial charge in [0.15, 0.2) is 0 Å². The highest BCUT2D eigenvalue weighted by Crippen LogP contribution is 2.31. The smallest absolute Gasteiger partial charge is 0.147 e. The Morgan fingerprint density at radius 3 is 2.75 bits per heavy atom. The number of hydrogen-bond donors (Lipinski definition) is 0. The Morgan fingerprint density at radius 2 is 1.94 bits per heavy atom. The molecule has 1 aromatic rings. The van der Waals surface area contributed by atoms with Gasteiger partial charge in [-0.1, -0.05) is 35.9 Å². The molecular weight excluding hydrogens is 220 g/mol. The van der Waals surface area contributed by atoms with Crippen molar-refractivity contribution in [1.29, 1.82) is 0 Å². The number of nitrogens with zero attached hydrogens (tertiary/aromatic N) is 2. The predicted octanol–water partition coefficient (Wildman–Crippen LogP) is 3.18. The third kappa shape index (κ3) is 1.55. The standard InChI is InChI=1S/C13H11ClN2/c14-11-6-4-10(5-7-11)13-15-9-12-3-1-2-8-16(12)13/h1-9,12-13H. The van der Waals surface area contributed by atoms with Crippen molar-refractivity contribution < 1.29 is 0 Å². The monoisotopic (exact) mass is 230 g/mol. The molecule has 2 aliphatic rings. The Hall–Kier alpha value is -1.54. The minimum atomic E-state index is 0.0865. The molecule has 2 atom stereocenters. The lowest BCUT2D eigenvalue weighted by molar-refractivity contribution is 0.312. The van der Waals surface area contributed by atoms with Crippen LogP contribution in [0.5, 0.6) is 0 Å². The molecule has 0 N–H and O–H groups in total. The highest BCUT2D eigenvalue weighted by atomic mass is 35.5. The molecule has 3 rings (SSSR count). The summed E-state index contributed by atoms with van der Waals surface area (Å²) >= 11 is 5.88. The topological polar surface area (TPSA) is 15.6 Å². The summed E-state index contributed by atoms with van der Waals surface area (Å²) in [4.78, 5) is 6.76. The van der Waals surface area contributed by atoms with Gasteiger partial charge in [-0.05, 0) is 23.8 Å². The summed E-state index contributed by atoms with van der Waals surface area (Å²) in [6.07, 6.45) is 10.4. The fraction of sp³-hybridized carbons (Fsp3) is 0.154. The van der Waals surface area contributed by atoms with Gasteiger partial charge < -0.3 is 4.90 Å². The molecule has 0 bridgehead atoms. The third-order valence-corrected chi connectivity index (χ3v) is 3.10. The molecule has 0 fully saturated rings. The number of benzene rings is 1. The van der Waals surface area contributed by atoms with Crippen LogP contribution in [0.2, 0.25) is 5.02 Å². The number of hydrogen-bond acceptors (Lipinski definition) is 2. The lowest BCUT2D eigenvalue weighted by atomic mass is 10.1. The van der Waals surface area contributed by atoms with Crippen LogP contribution in [0.3, 0.4) is 0 Å². The van der Waals surface area contributed by atoms with Gasteiger partial charge in [0.05, 0.1) is 6.04 Å². The summed E-state index contributed by atoms with van der Waals surface area (Å²) in [6.45, 7) is 0. The molecule has 0 spiro atoms. The summed E-state index contributed by atoms with van der Waals surface area (Å²) < 4.78 is 0. The van der Waals surface area contributed by atoms with Crippen LogP contribution in [0.25, 0.3) is 0 Å². The first kappa shape index (κ1) is 9.67. The van der Waals surface area contributed by atoms with Crippen LogP contribution in [0.1, 0.15) is 11.7 Å². The Bertz CT molecular complexity index is 473. The SMILES string of the molecule is Clc1ccc(C2N=CC3C=CC=CN32)cc1.